The molecule has 0 atom stereocenters. The molecule has 0 fully saturated rings. The predicted molar refractivity (Wildman–Crippen MR) is 64.7 cm³/mol. The number of benzene rings is 1. The van der Waals surface area contributed by atoms with Gasteiger partial charge in [0.05, 0.1) is 18.7 Å². The molecule has 0 heterocycles. The Kier molecular flexibility index (Phi) is 5.51. The summed E-state index contributed by atoms with van der Waals surface area (Å²) >= 11 is 0. The first kappa shape index (κ1) is 16.0. The van der Waals surface area contributed by atoms with Crippen LogP contribution in [0.1, 0.15) is 6.42 Å². The minimum atomic E-state index is -1.66. The van der Waals surface area contributed by atoms with Gasteiger partial charge in [-0.15, -0.1) is 0 Å². The maximum atomic E-state index is 13.3. The van der Waals surface area contributed by atoms with Crippen LogP contribution in [0.5, 0.6) is 0 Å². The Labute approximate surface area is 113 Å². The lowest BCUT2D eigenvalue weighted by Crippen LogP contribution is -2.32. The first-order valence-corrected chi connectivity index (χ1v) is 5.65. The monoisotopic (exact) mass is 290 g/mol. The number of aliphatic carboxylic acids is 1. The smallest absolute Gasteiger partial charge is 0.304 e. The van der Waals surface area contributed by atoms with E-state index in [9.17, 15) is 22.8 Å². The van der Waals surface area contributed by atoms with Crippen molar-refractivity contribution in [3.05, 3.63) is 29.6 Å². The number of likely N-dealkylation sites (N-methyl/N-ethyl adjacent to an activating group) is 1. The SMILES string of the molecule is CN(CCC(=O)O)CC(=O)Nc1ccc(F)c(F)c1F. The fourth-order valence-corrected chi connectivity index (χ4v) is 1.42. The fraction of sp³-hybridized carbons (Fsp3) is 0.333. The van der Waals surface area contributed by atoms with Gasteiger partial charge in [0.15, 0.2) is 17.5 Å². The Morgan fingerprint density at radius 2 is 1.90 bits per heavy atom. The second-order valence-electron chi connectivity index (χ2n) is 4.15. The largest absolute Gasteiger partial charge is 0.481 e. The quantitative estimate of drug-likeness (QED) is 0.778. The molecule has 8 heteroatoms. The van der Waals surface area contributed by atoms with Crippen molar-refractivity contribution in [3.8, 4) is 0 Å². The van der Waals surface area contributed by atoms with Gasteiger partial charge in [-0.3, -0.25) is 14.5 Å². The Morgan fingerprint density at radius 1 is 1.25 bits per heavy atom. The normalized spacial score (nSPS) is 10.7. The van der Waals surface area contributed by atoms with Crippen LogP contribution >= 0.6 is 0 Å². The van der Waals surface area contributed by atoms with Crippen LogP contribution in [0.3, 0.4) is 0 Å². The van der Waals surface area contributed by atoms with Crippen LogP contribution in [-0.4, -0.2) is 42.0 Å². The summed E-state index contributed by atoms with van der Waals surface area (Å²) in [6.45, 7) is -0.0747. The van der Waals surface area contributed by atoms with E-state index in [0.717, 1.165) is 6.07 Å². The van der Waals surface area contributed by atoms with Crippen LogP contribution in [0, 0.1) is 17.5 Å². The van der Waals surface area contributed by atoms with Crippen molar-refractivity contribution in [2.45, 2.75) is 6.42 Å². The van der Waals surface area contributed by atoms with Crippen molar-refractivity contribution in [3.63, 3.8) is 0 Å². The second-order valence-corrected chi connectivity index (χ2v) is 4.15. The summed E-state index contributed by atoms with van der Waals surface area (Å²) < 4.78 is 38.9. The van der Waals surface area contributed by atoms with Gasteiger partial charge in [0, 0.05) is 6.54 Å². The highest BCUT2D eigenvalue weighted by Crippen LogP contribution is 2.19. The zero-order valence-corrected chi connectivity index (χ0v) is 10.6. The molecule has 110 valence electrons. The average molecular weight is 290 g/mol. The van der Waals surface area contributed by atoms with Crippen molar-refractivity contribution in [2.75, 3.05) is 25.5 Å². The third kappa shape index (κ3) is 4.54. The van der Waals surface area contributed by atoms with E-state index in [-0.39, 0.29) is 19.5 Å². The molecular formula is C12H13F3N2O3. The van der Waals surface area contributed by atoms with Gasteiger partial charge in [0.1, 0.15) is 0 Å². The minimum Gasteiger partial charge on any atom is -0.481 e. The predicted octanol–water partition coefficient (Wildman–Crippen LogP) is 1.45. The lowest BCUT2D eigenvalue weighted by Gasteiger charge is -2.15. The van der Waals surface area contributed by atoms with Crippen molar-refractivity contribution in [1.29, 1.82) is 0 Å². The molecule has 2 N–H and O–H groups in total. The number of halogens is 3. The average Bonchev–Trinajstić information content (AvgIpc) is 2.37. The molecular weight excluding hydrogens is 277 g/mol. The van der Waals surface area contributed by atoms with Gasteiger partial charge in [-0.1, -0.05) is 0 Å². The van der Waals surface area contributed by atoms with Crippen molar-refractivity contribution in [2.24, 2.45) is 0 Å². The number of nitrogens with one attached hydrogen (secondary N) is 1. The maximum Gasteiger partial charge on any atom is 0.304 e. The van der Waals surface area contributed by atoms with Crippen molar-refractivity contribution in [1.82, 2.24) is 4.90 Å². The fourth-order valence-electron chi connectivity index (χ4n) is 1.42. The topological polar surface area (TPSA) is 69.6 Å². The molecule has 5 nitrogen and oxygen atoms in total. The van der Waals surface area contributed by atoms with Gasteiger partial charge in [0.25, 0.3) is 0 Å². The van der Waals surface area contributed by atoms with Crippen LogP contribution in [0.2, 0.25) is 0 Å². The van der Waals surface area contributed by atoms with Gasteiger partial charge in [0.2, 0.25) is 5.91 Å². The molecule has 0 aliphatic rings. The highest BCUT2D eigenvalue weighted by atomic mass is 19.2. The summed E-state index contributed by atoms with van der Waals surface area (Å²) in [6.07, 6.45) is -0.149. The number of hydrogen-bond donors (Lipinski definition) is 2. The van der Waals surface area contributed by atoms with Crippen LogP contribution in [0.15, 0.2) is 12.1 Å². The summed E-state index contributed by atoms with van der Waals surface area (Å²) in [4.78, 5) is 23.3. The zero-order chi connectivity index (χ0) is 15.3. The third-order valence-electron chi connectivity index (χ3n) is 2.43. The lowest BCUT2D eigenvalue weighted by atomic mass is 10.2. The summed E-state index contributed by atoms with van der Waals surface area (Å²) in [7, 11) is 1.50. The highest BCUT2D eigenvalue weighted by molar-refractivity contribution is 5.92. The number of rotatable bonds is 6. The molecule has 0 bridgehead atoms. The number of anilines is 1. The van der Waals surface area contributed by atoms with Gasteiger partial charge >= 0.3 is 5.97 Å². The third-order valence-corrected chi connectivity index (χ3v) is 2.43. The van der Waals surface area contributed by atoms with Crippen LogP contribution in [0.25, 0.3) is 0 Å². The van der Waals surface area contributed by atoms with Crippen molar-refractivity contribution >= 4 is 17.6 Å². The molecule has 0 aromatic heterocycles. The molecule has 1 amide bonds. The van der Waals surface area contributed by atoms with E-state index in [1.165, 1.54) is 11.9 Å². The molecule has 1 aromatic carbocycles. The minimum absolute atomic E-state index is 0.128. The van der Waals surface area contributed by atoms with Gasteiger partial charge < -0.3 is 10.4 Å². The number of amides is 1. The summed E-state index contributed by atoms with van der Waals surface area (Å²) in [5.41, 5.74) is -0.472. The summed E-state index contributed by atoms with van der Waals surface area (Å²) in [5.74, 6) is -6.17. The summed E-state index contributed by atoms with van der Waals surface area (Å²) in [5, 5.41) is 10.6. The van der Waals surface area contributed by atoms with E-state index in [1.807, 2.05) is 0 Å². The Morgan fingerprint density at radius 3 is 2.50 bits per heavy atom. The van der Waals surface area contributed by atoms with Gasteiger partial charge in [-0.05, 0) is 19.2 Å². The lowest BCUT2D eigenvalue weighted by molar-refractivity contribution is -0.137. The summed E-state index contributed by atoms with van der Waals surface area (Å²) in [6, 6.07) is 1.60. The molecule has 1 rings (SSSR count). The first-order chi connectivity index (χ1) is 9.31. The van der Waals surface area contributed by atoms with E-state index in [2.05, 4.69) is 5.32 Å². The highest BCUT2D eigenvalue weighted by Gasteiger charge is 2.16. The number of carbonyl (C=O) groups is 2. The Hall–Kier alpha value is -2.09. The van der Waals surface area contributed by atoms with Crippen LogP contribution in [-0.2, 0) is 9.59 Å². The number of carboxylic acid groups (broad SMARTS) is 1. The number of hydrogen-bond acceptors (Lipinski definition) is 3. The first-order valence-electron chi connectivity index (χ1n) is 5.65. The molecule has 0 unspecified atom stereocenters. The Bertz CT molecular complexity index is 523. The number of nitrogens with zero attached hydrogens (tertiary/aromatic N) is 1. The van der Waals surface area contributed by atoms with Crippen LogP contribution < -0.4 is 5.32 Å². The van der Waals surface area contributed by atoms with Crippen LogP contribution in [0.4, 0.5) is 18.9 Å². The molecule has 1 aromatic rings. The standard InChI is InChI=1S/C12H13F3N2O3/c1-17(5-4-10(19)20)6-9(18)16-8-3-2-7(13)11(14)12(8)15/h2-3H,4-6H2,1H3,(H,16,18)(H,19,20). The molecule has 0 saturated carbocycles. The maximum absolute atomic E-state index is 13.3. The molecule has 0 aliphatic heterocycles. The molecule has 0 radical (unpaired) electrons. The zero-order valence-electron chi connectivity index (χ0n) is 10.6. The molecule has 0 aliphatic carbocycles. The Balaban J connectivity index is 2.59. The van der Waals surface area contributed by atoms with E-state index >= 15 is 0 Å². The number of carboxylic acids is 1. The van der Waals surface area contributed by atoms with E-state index in [4.69, 9.17) is 5.11 Å². The van der Waals surface area contributed by atoms with Gasteiger partial charge in [-0.2, -0.15) is 0 Å². The van der Waals surface area contributed by atoms with E-state index in [1.54, 1.807) is 0 Å². The molecule has 20 heavy (non-hydrogen) atoms. The number of carbonyl (C=O) groups excluding carboxylic acids is 1. The van der Waals surface area contributed by atoms with E-state index < -0.39 is 35.0 Å². The van der Waals surface area contributed by atoms with Crippen molar-refractivity contribution < 1.29 is 27.9 Å². The van der Waals surface area contributed by atoms with E-state index in [0.29, 0.717) is 6.07 Å². The second kappa shape index (κ2) is 6.90. The molecule has 0 saturated heterocycles. The van der Waals surface area contributed by atoms with Gasteiger partial charge in [-0.25, -0.2) is 13.2 Å². The molecule has 0 spiro atoms.